The molecule has 1 saturated carbocycles. The van der Waals surface area contributed by atoms with Crippen LogP contribution in [-0.2, 0) is 17.8 Å². The fraction of sp³-hybridized carbons (Fsp3) is 0.600. The van der Waals surface area contributed by atoms with Gasteiger partial charge in [-0.1, -0.05) is 0 Å². The Hall–Kier alpha value is -1.66. The largest absolute Gasteiger partial charge is 0.472 e. The number of morpholine rings is 1. The molecule has 0 spiro atoms. The van der Waals surface area contributed by atoms with Gasteiger partial charge in [0, 0.05) is 37.2 Å². The molecule has 2 aromatic heterocycles. The lowest BCUT2D eigenvalue weighted by Gasteiger charge is -2.39. The summed E-state index contributed by atoms with van der Waals surface area (Å²) in [5.74, 6) is 0.554. The van der Waals surface area contributed by atoms with Crippen LogP contribution >= 0.6 is 0 Å². The third kappa shape index (κ3) is 2.61. The average Bonchev–Trinajstić information content (AvgIpc) is 3.22. The van der Waals surface area contributed by atoms with Crippen molar-refractivity contribution in [2.75, 3.05) is 13.2 Å². The topological polar surface area (TPSA) is 56.3 Å². The molecular weight excluding hydrogens is 268 g/mol. The molecule has 2 fully saturated rings. The molecule has 0 bridgehead atoms. The van der Waals surface area contributed by atoms with Gasteiger partial charge in [-0.3, -0.25) is 4.90 Å². The highest BCUT2D eigenvalue weighted by Crippen LogP contribution is 2.36. The fourth-order valence-electron chi connectivity index (χ4n) is 3.73. The van der Waals surface area contributed by atoms with Crippen LogP contribution in [0.3, 0.4) is 0 Å². The van der Waals surface area contributed by atoms with Crippen molar-refractivity contribution in [3.8, 4) is 0 Å². The van der Waals surface area contributed by atoms with Gasteiger partial charge in [0.2, 0.25) is 0 Å². The van der Waals surface area contributed by atoms with Gasteiger partial charge in [-0.2, -0.15) is 0 Å². The van der Waals surface area contributed by atoms with E-state index in [0.717, 1.165) is 26.2 Å². The summed E-state index contributed by atoms with van der Waals surface area (Å²) in [5, 5.41) is 7.77. The number of fused-ring (bicyclic) bond motifs is 1. The van der Waals surface area contributed by atoms with E-state index in [-0.39, 0.29) is 0 Å². The number of rotatable bonds is 4. The first-order chi connectivity index (χ1) is 10.4. The van der Waals surface area contributed by atoms with Crippen molar-refractivity contribution in [1.82, 2.24) is 19.7 Å². The van der Waals surface area contributed by atoms with Crippen LogP contribution in [0.2, 0.25) is 0 Å². The van der Waals surface area contributed by atoms with Crippen molar-refractivity contribution in [2.24, 2.45) is 5.92 Å². The fourth-order valence-corrected chi connectivity index (χ4v) is 3.73. The van der Waals surface area contributed by atoms with Crippen LogP contribution in [0.4, 0.5) is 0 Å². The number of aromatic nitrogens is 3. The second-order valence-electron chi connectivity index (χ2n) is 6.00. The molecule has 6 heteroatoms. The Morgan fingerprint density at radius 1 is 1.24 bits per heavy atom. The van der Waals surface area contributed by atoms with E-state index in [9.17, 15) is 0 Å². The maximum Gasteiger partial charge on any atom is 0.119 e. The molecule has 0 amide bonds. The lowest BCUT2D eigenvalue weighted by Crippen LogP contribution is -2.50. The highest BCUT2D eigenvalue weighted by atomic mass is 16.5. The SMILES string of the molecule is c1cc(CN2CCOC3C(Cn4cnnc4)CCC32)co1. The lowest BCUT2D eigenvalue weighted by molar-refractivity contribution is -0.0786. The number of ether oxygens (including phenoxy) is 1. The molecule has 6 nitrogen and oxygen atoms in total. The first-order valence-corrected chi connectivity index (χ1v) is 7.59. The maximum absolute atomic E-state index is 6.09. The molecule has 112 valence electrons. The van der Waals surface area contributed by atoms with E-state index in [1.54, 1.807) is 18.9 Å². The van der Waals surface area contributed by atoms with Crippen LogP contribution in [0.1, 0.15) is 18.4 Å². The highest BCUT2D eigenvalue weighted by Gasteiger charge is 2.42. The summed E-state index contributed by atoms with van der Waals surface area (Å²) < 4.78 is 13.3. The summed E-state index contributed by atoms with van der Waals surface area (Å²) in [5.41, 5.74) is 1.25. The van der Waals surface area contributed by atoms with Crippen LogP contribution < -0.4 is 0 Å². The van der Waals surface area contributed by atoms with Gasteiger partial charge in [0.15, 0.2) is 0 Å². The van der Waals surface area contributed by atoms with Gasteiger partial charge in [0.25, 0.3) is 0 Å². The Kier molecular flexibility index (Phi) is 3.48. The second-order valence-corrected chi connectivity index (χ2v) is 6.00. The average molecular weight is 288 g/mol. The Labute approximate surface area is 123 Å². The number of furan rings is 1. The molecule has 21 heavy (non-hydrogen) atoms. The third-order valence-corrected chi connectivity index (χ3v) is 4.71. The van der Waals surface area contributed by atoms with Gasteiger partial charge < -0.3 is 13.7 Å². The van der Waals surface area contributed by atoms with Crippen LogP contribution in [0.5, 0.6) is 0 Å². The summed E-state index contributed by atoms with van der Waals surface area (Å²) in [7, 11) is 0. The number of hydrogen-bond donors (Lipinski definition) is 0. The normalized spacial score (nSPS) is 29.6. The molecule has 4 rings (SSSR count). The molecule has 2 aliphatic rings. The molecular formula is C15H20N4O2. The predicted octanol–water partition coefficient (Wildman–Crippen LogP) is 1.55. The van der Waals surface area contributed by atoms with Crippen LogP contribution in [0.15, 0.2) is 35.7 Å². The first kappa shape index (κ1) is 13.0. The van der Waals surface area contributed by atoms with Gasteiger partial charge in [0.1, 0.15) is 12.7 Å². The molecule has 1 saturated heterocycles. The number of hydrogen-bond acceptors (Lipinski definition) is 5. The molecule has 1 aliphatic carbocycles. The summed E-state index contributed by atoms with van der Waals surface area (Å²) in [6, 6.07) is 2.57. The highest BCUT2D eigenvalue weighted by molar-refractivity contribution is 5.07. The van der Waals surface area contributed by atoms with Crippen molar-refractivity contribution in [2.45, 2.75) is 38.1 Å². The molecule has 0 aromatic carbocycles. The minimum Gasteiger partial charge on any atom is -0.472 e. The maximum atomic E-state index is 6.09. The van der Waals surface area contributed by atoms with E-state index in [1.165, 1.54) is 18.4 Å². The minimum absolute atomic E-state index is 0.327. The number of nitrogens with zero attached hydrogens (tertiary/aromatic N) is 4. The van der Waals surface area contributed by atoms with E-state index in [2.05, 4.69) is 19.7 Å². The van der Waals surface area contributed by atoms with E-state index < -0.39 is 0 Å². The van der Waals surface area contributed by atoms with Crippen LogP contribution in [0.25, 0.3) is 0 Å². The second kappa shape index (κ2) is 5.61. The van der Waals surface area contributed by atoms with E-state index in [0.29, 0.717) is 18.1 Å². The molecule has 0 radical (unpaired) electrons. The van der Waals surface area contributed by atoms with Gasteiger partial charge in [-0.05, 0) is 18.9 Å². The third-order valence-electron chi connectivity index (χ3n) is 4.71. The zero-order valence-electron chi connectivity index (χ0n) is 12.0. The monoisotopic (exact) mass is 288 g/mol. The van der Waals surface area contributed by atoms with Gasteiger partial charge in [0.05, 0.1) is 25.2 Å². The van der Waals surface area contributed by atoms with Crippen molar-refractivity contribution in [3.05, 3.63) is 36.8 Å². The smallest absolute Gasteiger partial charge is 0.119 e. The molecule has 3 heterocycles. The lowest BCUT2D eigenvalue weighted by atomic mass is 10.0. The Morgan fingerprint density at radius 2 is 2.14 bits per heavy atom. The molecule has 0 N–H and O–H groups in total. The standard InChI is InChI=1S/C15H20N4O2/c1-2-14-15(13(1)8-18-10-16-17-11-18)21-6-4-19(14)7-12-3-5-20-9-12/h3,5,9-11,13-15H,1-2,4,6-8H2. The van der Waals surface area contributed by atoms with E-state index in [1.807, 2.05) is 12.3 Å². The summed E-state index contributed by atoms with van der Waals surface area (Å²) in [6.45, 7) is 3.73. The van der Waals surface area contributed by atoms with Crippen molar-refractivity contribution in [3.63, 3.8) is 0 Å². The minimum atomic E-state index is 0.327. The Morgan fingerprint density at radius 3 is 2.95 bits per heavy atom. The van der Waals surface area contributed by atoms with Crippen LogP contribution in [0, 0.1) is 5.92 Å². The van der Waals surface area contributed by atoms with Gasteiger partial charge in [-0.25, -0.2) is 0 Å². The Balaban J connectivity index is 1.44. The van der Waals surface area contributed by atoms with Gasteiger partial charge >= 0.3 is 0 Å². The molecule has 2 aromatic rings. The first-order valence-electron chi connectivity index (χ1n) is 7.59. The van der Waals surface area contributed by atoms with E-state index in [4.69, 9.17) is 9.15 Å². The van der Waals surface area contributed by atoms with Crippen molar-refractivity contribution >= 4 is 0 Å². The van der Waals surface area contributed by atoms with Gasteiger partial charge in [-0.15, -0.1) is 10.2 Å². The quantitative estimate of drug-likeness (QED) is 0.854. The molecule has 3 atom stereocenters. The summed E-state index contributed by atoms with van der Waals surface area (Å²) in [6.07, 6.45) is 9.90. The summed E-state index contributed by atoms with van der Waals surface area (Å²) >= 11 is 0. The van der Waals surface area contributed by atoms with Crippen LogP contribution in [-0.4, -0.2) is 45.0 Å². The predicted molar refractivity (Wildman–Crippen MR) is 75.4 cm³/mol. The van der Waals surface area contributed by atoms with Crippen molar-refractivity contribution < 1.29 is 9.15 Å². The Bertz CT molecular complexity index is 554. The van der Waals surface area contributed by atoms with Crippen molar-refractivity contribution in [1.29, 1.82) is 0 Å². The molecule has 1 aliphatic heterocycles. The van der Waals surface area contributed by atoms with E-state index >= 15 is 0 Å². The zero-order chi connectivity index (χ0) is 14.1. The molecule has 3 unspecified atom stereocenters. The zero-order valence-corrected chi connectivity index (χ0v) is 12.0. The summed E-state index contributed by atoms with van der Waals surface area (Å²) in [4.78, 5) is 2.55.